The minimum Gasteiger partial charge on any atom is -0.444 e. The fourth-order valence-electron chi connectivity index (χ4n) is 3.71. The van der Waals surface area contributed by atoms with Crippen molar-refractivity contribution >= 4 is 17.8 Å². The molecule has 3 rings (SSSR count). The molecule has 0 saturated carbocycles. The molecule has 2 atom stereocenters. The highest BCUT2D eigenvalue weighted by Gasteiger charge is 2.38. The van der Waals surface area contributed by atoms with Gasteiger partial charge in [0.2, 0.25) is 0 Å². The van der Waals surface area contributed by atoms with E-state index in [4.69, 9.17) is 15.2 Å². The molecule has 0 aliphatic carbocycles. The van der Waals surface area contributed by atoms with Gasteiger partial charge >= 0.3 is 12.3 Å². The topological polar surface area (TPSA) is 111 Å². The lowest BCUT2D eigenvalue weighted by Gasteiger charge is -2.37. The summed E-state index contributed by atoms with van der Waals surface area (Å²) in [4.78, 5) is 34.4. The molecule has 30 heavy (non-hydrogen) atoms. The first kappa shape index (κ1) is 22.1. The van der Waals surface area contributed by atoms with E-state index < -0.39 is 30.2 Å². The van der Waals surface area contributed by atoms with Crippen molar-refractivity contribution in [2.24, 2.45) is 5.73 Å². The van der Waals surface area contributed by atoms with Crippen LogP contribution in [-0.2, 0) is 20.4 Å². The maximum Gasteiger partial charge on any atom is 0.434 e. The summed E-state index contributed by atoms with van der Waals surface area (Å²) in [5.74, 6) is 0.285. The lowest BCUT2D eigenvalue weighted by atomic mass is 10.0. The van der Waals surface area contributed by atoms with Crippen LogP contribution in [0.3, 0.4) is 0 Å². The first-order valence-corrected chi connectivity index (χ1v) is 9.67. The summed E-state index contributed by atoms with van der Waals surface area (Å²) in [5.41, 5.74) is 3.93. The molecule has 0 aromatic carbocycles. The fraction of sp³-hybridized carbons (Fsp3) is 0.667. The van der Waals surface area contributed by atoms with Crippen molar-refractivity contribution in [3.8, 4) is 0 Å². The molecular formula is C18H24F3N5O4. The van der Waals surface area contributed by atoms with Crippen LogP contribution in [0.4, 0.5) is 23.8 Å². The van der Waals surface area contributed by atoms with Gasteiger partial charge in [-0.25, -0.2) is 14.8 Å². The number of piperidine rings is 1. The van der Waals surface area contributed by atoms with Crippen molar-refractivity contribution < 1.29 is 32.2 Å². The van der Waals surface area contributed by atoms with E-state index in [1.807, 2.05) is 4.90 Å². The third kappa shape index (κ3) is 5.29. The zero-order valence-electron chi connectivity index (χ0n) is 16.5. The Balaban J connectivity index is 1.48. The van der Waals surface area contributed by atoms with Crippen LogP contribution in [0.1, 0.15) is 31.9 Å². The number of aromatic nitrogens is 2. The van der Waals surface area contributed by atoms with E-state index in [2.05, 4.69) is 9.97 Å². The van der Waals surface area contributed by atoms with Crippen molar-refractivity contribution in [3.63, 3.8) is 0 Å². The average molecular weight is 431 g/mol. The normalized spacial score (nSPS) is 21.7. The molecule has 2 aliphatic rings. The zero-order valence-corrected chi connectivity index (χ0v) is 16.5. The van der Waals surface area contributed by atoms with Gasteiger partial charge in [-0.2, -0.15) is 13.2 Å². The summed E-state index contributed by atoms with van der Waals surface area (Å²) in [5, 5.41) is 0. The Morgan fingerprint density at radius 3 is 2.50 bits per heavy atom. The van der Waals surface area contributed by atoms with E-state index in [1.165, 1.54) is 0 Å². The van der Waals surface area contributed by atoms with Crippen LogP contribution in [0.15, 0.2) is 12.4 Å². The van der Waals surface area contributed by atoms with Gasteiger partial charge < -0.3 is 25.0 Å². The van der Waals surface area contributed by atoms with Crippen molar-refractivity contribution in [2.45, 2.75) is 50.6 Å². The van der Waals surface area contributed by atoms with Gasteiger partial charge in [0.25, 0.3) is 5.91 Å². The first-order valence-electron chi connectivity index (χ1n) is 9.67. The number of likely N-dealkylation sites (tertiary alicyclic amines) is 1. The van der Waals surface area contributed by atoms with Crippen molar-refractivity contribution in [1.29, 1.82) is 0 Å². The Bertz CT molecular complexity index is 753. The standard InChI is InChI=1S/C18H24F3N5O4/c1-11(30-17(22)28)10-29-13-4-7-26(16(13)27)12-2-5-25(6-3-12)15-9-23-14(8-24-15)18(19,20)21/h8-9,11-13H,2-7,10H2,1H3,(H2,22,28). The molecule has 2 unspecified atom stereocenters. The average Bonchev–Trinajstić information content (AvgIpc) is 3.06. The number of nitrogens with zero attached hydrogens (tertiary/aromatic N) is 4. The number of alkyl halides is 3. The fourth-order valence-corrected chi connectivity index (χ4v) is 3.71. The Morgan fingerprint density at radius 2 is 1.93 bits per heavy atom. The third-order valence-electron chi connectivity index (χ3n) is 5.20. The summed E-state index contributed by atoms with van der Waals surface area (Å²) in [7, 11) is 0. The van der Waals surface area contributed by atoms with Crippen LogP contribution in [0.5, 0.6) is 0 Å². The number of hydrogen-bond donors (Lipinski definition) is 1. The third-order valence-corrected chi connectivity index (χ3v) is 5.20. The number of ether oxygens (including phenoxy) is 2. The van der Waals surface area contributed by atoms with Gasteiger partial charge in [-0.05, 0) is 19.8 Å². The molecule has 2 amide bonds. The molecule has 2 N–H and O–H groups in total. The Hall–Kier alpha value is -2.63. The number of halogens is 3. The first-order chi connectivity index (χ1) is 14.1. The van der Waals surface area contributed by atoms with Crippen LogP contribution in [0.25, 0.3) is 0 Å². The smallest absolute Gasteiger partial charge is 0.434 e. The van der Waals surface area contributed by atoms with Crippen molar-refractivity contribution in [1.82, 2.24) is 14.9 Å². The number of primary amides is 1. The second kappa shape index (κ2) is 9.02. The van der Waals surface area contributed by atoms with E-state index in [1.54, 1.807) is 11.8 Å². The van der Waals surface area contributed by atoms with E-state index in [9.17, 15) is 22.8 Å². The van der Waals surface area contributed by atoms with E-state index in [0.29, 0.717) is 44.7 Å². The minimum absolute atomic E-state index is 0.0315. The lowest BCUT2D eigenvalue weighted by Crippen LogP contribution is -2.47. The van der Waals surface area contributed by atoms with Gasteiger partial charge in [0.1, 0.15) is 18.0 Å². The summed E-state index contributed by atoms with van der Waals surface area (Å²) in [6.45, 7) is 3.40. The molecule has 166 valence electrons. The monoisotopic (exact) mass is 431 g/mol. The second-order valence-corrected chi connectivity index (χ2v) is 7.37. The molecular weight excluding hydrogens is 407 g/mol. The van der Waals surface area contributed by atoms with Gasteiger partial charge in [-0.15, -0.1) is 0 Å². The maximum absolute atomic E-state index is 12.6. The van der Waals surface area contributed by atoms with Crippen LogP contribution >= 0.6 is 0 Å². The largest absolute Gasteiger partial charge is 0.444 e. The molecule has 0 bridgehead atoms. The number of amides is 2. The Morgan fingerprint density at radius 1 is 1.23 bits per heavy atom. The molecule has 12 heteroatoms. The number of nitrogens with two attached hydrogens (primary N) is 1. The highest BCUT2D eigenvalue weighted by Crippen LogP contribution is 2.29. The van der Waals surface area contributed by atoms with Crippen molar-refractivity contribution in [2.75, 3.05) is 31.1 Å². The summed E-state index contributed by atoms with van der Waals surface area (Å²) < 4.78 is 48.2. The van der Waals surface area contributed by atoms with Crippen LogP contribution in [0.2, 0.25) is 0 Å². The molecule has 1 aromatic heterocycles. The highest BCUT2D eigenvalue weighted by atomic mass is 19.4. The molecule has 9 nitrogen and oxygen atoms in total. The van der Waals surface area contributed by atoms with E-state index in [0.717, 1.165) is 12.4 Å². The van der Waals surface area contributed by atoms with Gasteiger partial charge in [-0.3, -0.25) is 4.79 Å². The summed E-state index contributed by atoms with van der Waals surface area (Å²) in [6.07, 6.45) is -2.79. The van der Waals surface area contributed by atoms with Crippen LogP contribution in [0, 0.1) is 0 Å². The van der Waals surface area contributed by atoms with E-state index in [-0.39, 0.29) is 18.6 Å². The van der Waals surface area contributed by atoms with Crippen LogP contribution < -0.4 is 10.6 Å². The number of rotatable bonds is 6. The Labute approximate surface area is 171 Å². The molecule has 3 heterocycles. The molecule has 2 aliphatic heterocycles. The Kier molecular flexibility index (Phi) is 6.64. The van der Waals surface area contributed by atoms with Gasteiger partial charge in [0.05, 0.1) is 19.0 Å². The number of carbonyl (C=O) groups is 2. The van der Waals surface area contributed by atoms with Crippen molar-refractivity contribution in [3.05, 3.63) is 18.1 Å². The molecule has 0 radical (unpaired) electrons. The number of anilines is 1. The van der Waals surface area contributed by atoms with Gasteiger partial charge in [0, 0.05) is 32.1 Å². The van der Waals surface area contributed by atoms with Gasteiger partial charge in [-0.1, -0.05) is 0 Å². The molecule has 1 aromatic rings. The maximum atomic E-state index is 12.6. The molecule has 0 spiro atoms. The highest BCUT2D eigenvalue weighted by molar-refractivity contribution is 5.83. The van der Waals surface area contributed by atoms with E-state index >= 15 is 0 Å². The van der Waals surface area contributed by atoms with Gasteiger partial charge in [0.15, 0.2) is 5.69 Å². The number of hydrogen-bond acceptors (Lipinski definition) is 7. The molecule has 2 fully saturated rings. The summed E-state index contributed by atoms with van der Waals surface area (Å²) >= 11 is 0. The summed E-state index contributed by atoms with van der Waals surface area (Å²) in [6, 6.07) is 0.0315. The van der Waals surface area contributed by atoms with Crippen LogP contribution in [-0.4, -0.2) is 71.4 Å². The lowest BCUT2D eigenvalue weighted by molar-refractivity contribution is -0.141. The zero-order chi connectivity index (χ0) is 21.9. The minimum atomic E-state index is -4.52. The predicted octanol–water partition coefficient (Wildman–Crippen LogP) is 1.57. The predicted molar refractivity (Wildman–Crippen MR) is 98.5 cm³/mol. The SMILES string of the molecule is CC(COC1CCN(C2CCN(c3cnc(C(F)(F)F)cn3)CC2)C1=O)OC(N)=O. The molecule has 2 saturated heterocycles. The quantitative estimate of drug-likeness (QED) is 0.728. The number of carbonyl (C=O) groups excluding carboxylic acids is 2. The second-order valence-electron chi connectivity index (χ2n) is 7.37.